The summed E-state index contributed by atoms with van der Waals surface area (Å²) in [4.78, 5) is 2.18. The molecule has 16 heavy (non-hydrogen) atoms. The van der Waals surface area contributed by atoms with E-state index in [-0.39, 0.29) is 0 Å². The molecular formula is C15H17N. The standard InChI is InChI=1S/C15H17N/c1-3-12-16(13-4-2)14-8-11-15-9-6-5-7-10-15/h3-7,9-10H,1-2,12-14H2. The maximum atomic E-state index is 3.72. The Balaban J connectivity index is 2.51. The van der Waals surface area contributed by atoms with Crippen molar-refractivity contribution in [2.45, 2.75) is 0 Å². The topological polar surface area (TPSA) is 3.24 Å². The van der Waals surface area contributed by atoms with Gasteiger partial charge < -0.3 is 0 Å². The van der Waals surface area contributed by atoms with E-state index in [9.17, 15) is 0 Å². The number of benzene rings is 1. The highest BCUT2D eigenvalue weighted by Crippen LogP contribution is 1.95. The van der Waals surface area contributed by atoms with Crippen LogP contribution in [0.3, 0.4) is 0 Å². The number of rotatable bonds is 5. The third-order valence-electron chi connectivity index (χ3n) is 2.08. The second kappa shape index (κ2) is 7.50. The predicted molar refractivity (Wildman–Crippen MR) is 70.2 cm³/mol. The third-order valence-corrected chi connectivity index (χ3v) is 2.08. The zero-order valence-electron chi connectivity index (χ0n) is 9.52. The van der Waals surface area contributed by atoms with Crippen molar-refractivity contribution in [3.63, 3.8) is 0 Å². The van der Waals surface area contributed by atoms with E-state index in [1.165, 1.54) is 0 Å². The Morgan fingerprint density at radius 3 is 2.25 bits per heavy atom. The monoisotopic (exact) mass is 211 g/mol. The van der Waals surface area contributed by atoms with Crippen LogP contribution in [0.1, 0.15) is 5.56 Å². The summed E-state index contributed by atoms with van der Waals surface area (Å²) in [6.07, 6.45) is 3.77. The van der Waals surface area contributed by atoms with Crippen molar-refractivity contribution in [1.29, 1.82) is 0 Å². The molecule has 1 aromatic carbocycles. The lowest BCUT2D eigenvalue weighted by molar-refractivity contribution is 0.379. The van der Waals surface area contributed by atoms with Crippen molar-refractivity contribution >= 4 is 0 Å². The van der Waals surface area contributed by atoms with Crippen LogP contribution in [0.15, 0.2) is 55.6 Å². The Labute approximate surface area is 98.1 Å². The molecule has 1 heteroatoms. The van der Waals surface area contributed by atoms with Crippen LogP contribution in [0.4, 0.5) is 0 Å². The quantitative estimate of drug-likeness (QED) is 0.534. The summed E-state index contributed by atoms with van der Waals surface area (Å²) in [6.45, 7) is 9.88. The molecule has 1 nitrogen and oxygen atoms in total. The van der Waals surface area contributed by atoms with Gasteiger partial charge in [-0.05, 0) is 12.1 Å². The average molecular weight is 211 g/mol. The van der Waals surface area contributed by atoms with Gasteiger partial charge in [-0.3, -0.25) is 4.90 Å². The molecule has 0 spiro atoms. The zero-order chi connectivity index (χ0) is 11.6. The first-order valence-electron chi connectivity index (χ1n) is 5.35. The Morgan fingerprint density at radius 1 is 1.06 bits per heavy atom. The minimum absolute atomic E-state index is 0.743. The van der Waals surface area contributed by atoms with E-state index in [2.05, 4.69) is 29.9 Å². The van der Waals surface area contributed by atoms with Crippen LogP contribution < -0.4 is 0 Å². The van der Waals surface area contributed by atoms with Gasteiger partial charge >= 0.3 is 0 Å². The van der Waals surface area contributed by atoms with E-state index >= 15 is 0 Å². The van der Waals surface area contributed by atoms with Gasteiger partial charge in [0.25, 0.3) is 0 Å². The molecule has 0 aromatic heterocycles. The molecule has 0 heterocycles. The van der Waals surface area contributed by atoms with Crippen LogP contribution in [-0.2, 0) is 0 Å². The van der Waals surface area contributed by atoms with Gasteiger partial charge in [-0.25, -0.2) is 0 Å². The van der Waals surface area contributed by atoms with Crippen molar-refractivity contribution in [2.75, 3.05) is 19.6 Å². The summed E-state index contributed by atoms with van der Waals surface area (Å²) in [5.74, 6) is 6.28. The molecule has 0 radical (unpaired) electrons. The Morgan fingerprint density at radius 2 is 1.69 bits per heavy atom. The predicted octanol–water partition coefficient (Wildman–Crippen LogP) is 2.71. The van der Waals surface area contributed by atoms with Crippen LogP contribution in [0.2, 0.25) is 0 Å². The minimum atomic E-state index is 0.743. The molecule has 0 saturated heterocycles. The largest absolute Gasteiger partial charge is 0.285 e. The number of hydrogen-bond donors (Lipinski definition) is 0. The average Bonchev–Trinajstić information content (AvgIpc) is 2.31. The fourth-order valence-corrected chi connectivity index (χ4v) is 1.34. The maximum absolute atomic E-state index is 3.72. The number of hydrogen-bond acceptors (Lipinski definition) is 1. The van der Waals surface area contributed by atoms with Gasteiger partial charge in [0.1, 0.15) is 0 Å². The lowest BCUT2D eigenvalue weighted by Crippen LogP contribution is -2.24. The van der Waals surface area contributed by atoms with Gasteiger partial charge in [0.15, 0.2) is 0 Å². The Bertz CT molecular complexity index is 371. The van der Waals surface area contributed by atoms with Gasteiger partial charge in [-0.2, -0.15) is 0 Å². The van der Waals surface area contributed by atoms with E-state index in [0.29, 0.717) is 0 Å². The molecule has 1 rings (SSSR count). The highest BCUT2D eigenvalue weighted by molar-refractivity contribution is 5.33. The van der Waals surface area contributed by atoms with Crippen molar-refractivity contribution in [2.24, 2.45) is 0 Å². The van der Waals surface area contributed by atoms with Gasteiger partial charge in [-0.15, -0.1) is 13.2 Å². The molecule has 0 N–H and O–H groups in total. The van der Waals surface area contributed by atoms with Crippen molar-refractivity contribution in [3.05, 3.63) is 61.2 Å². The molecular weight excluding hydrogens is 194 g/mol. The van der Waals surface area contributed by atoms with E-state index in [1.54, 1.807) is 0 Å². The molecule has 0 aliphatic heterocycles. The first-order valence-corrected chi connectivity index (χ1v) is 5.35. The molecule has 0 amide bonds. The molecule has 0 atom stereocenters. The fraction of sp³-hybridized carbons (Fsp3) is 0.200. The van der Waals surface area contributed by atoms with Crippen LogP contribution in [0, 0.1) is 11.8 Å². The molecule has 1 aromatic rings. The lowest BCUT2D eigenvalue weighted by atomic mass is 10.2. The lowest BCUT2D eigenvalue weighted by Gasteiger charge is -2.14. The zero-order valence-corrected chi connectivity index (χ0v) is 9.52. The highest BCUT2D eigenvalue weighted by atomic mass is 15.1. The summed E-state index contributed by atoms with van der Waals surface area (Å²) in [5.41, 5.74) is 1.06. The second-order valence-corrected chi connectivity index (χ2v) is 3.44. The normalized spacial score (nSPS) is 9.31. The first kappa shape index (κ1) is 12.3. The van der Waals surface area contributed by atoms with Crippen LogP contribution >= 0.6 is 0 Å². The van der Waals surface area contributed by atoms with Crippen molar-refractivity contribution in [1.82, 2.24) is 4.90 Å². The first-order chi connectivity index (χ1) is 7.86. The molecule has 0 aliphatic rings. The number of nitrogens with zero attached hydrogens (tertiary/aromatic N) is 1. The molecule has 0 bridgehead atoms. The van der Waals surface area contributed by atoms with E-state index in [4.69, 9.17) is 0 Å². The van der Waals surface area contributed by atoms with E-state index in [1.807, 2.05) is 42.5 Å². The van der Waals surface area contributed by atoms with Gasteiger partial charge in [-0.1, -0.05) is 42.2 Å². The van der Waals surface area contributed by atoms with Gasteiger partial charge in [0, 0.05) is 18.7 Å². The smallest absolute Gasteiger partial charge is 0.0610 e. The van der Waals surface area contributed by atoms with Crippen LogP contribution in [0.25, 0.3) is 0 Å². The second-order valence-electron chi connectivity index (χ2n) is 3.44. The van der Waals surface area contributed by atoms with Gasteiger partial charge in [0.2, 0.25) is 0 Å². The summed E-state index contributed by atoms with van der Waals surface area (Å²) >= 11 is 0. The molecule has 82 valence electrons. The van der Waals surface area contributed by atoms with Crippen molar-refractivity contribution in [3.8, 4) is 11.8 Å². The summed E-state index contributed by atoms with van der Waals surface area (Å²) in [6, 6.07) is 10.0. The van der Waals surface area contributed by atoms with Crippen LogP contribution in [-0.4, -0.2) is 24.5 Å². The fourth-order valence-electron chi connectivity index (χ4n) is 1.34. The minimum Gasteiger partial charge on any atom is -0.285 e. The van der Waals surface area contributed by atoms with E-state index in [0.717, 1.165) is 25.2 Å². The Hall–Kier alpha value is -1.78. The summed E-state index contributed by atoms with van der Waals surface area (Å²) in [7, 11) is 0. The summed E-state index contributed by atoms with van der Waals surface area (Å²) < 4.78 is 0. The molecule has 0 saturated carbocycles. The highest BCUT2D eigenvalue weighted by Gasteiger charge is 1.95. The SMILES string of the molecule is C=CCN(CC#Cc1ccccc1)CC=C. The Kier molecular flexibility index (Phi) is 5.76. The van der Waals surface area contributed by atoms with Crippen molar-refractivity contribution < 1.29 is 0 Å². The molecule has 0 aliphatic carbocycles. The van der Waals surface area contributed by atoms with E-state index < -0.39 is 0 Å². The summed E-state index contributed by atoms with van der Waals surface area (Å²) in [5, 5.41) is 0. The van der Waals surface area contributed by atoms with Gasteiger partial charge in [0.05, 0.1) is 6.54 Å². The third kappa shape index (κ3) is 4.63. The maximum Gasteiger partial charge on any atom is 0.0610 e. The molecule has 0 unspecified atom stereocenters. The molecule has 0 fully saturated rings. The van der Waals surface area contributed by atoms with Crippen LogP contribution in [0.5, 0.6) is 0 Å².